The molecule has 19 heavy (non-hydrogen) atoms. The molecule has 0 aliphatic heterocycles. The summed E-state index contributed by atoms with van der Waals surface area (Å²) in [4.78, 5) is 13.5. The lowest BCUT2D eigenvalue weighted by Gasteiger charge is -2.28. The third-order valence-corrected chi connectivity index (χ3v) is 2.49. The van der Waals surface area contributed by atoms with E-state index in [9.17, 15) is 4.79 Å². The summed E-state index contributed by atoms with van der Waals surface area (Å²) in [6.45, 7) is 11.9. The third kappa shape index (κ3) is 7.79. The van der Waals surface area contributed by atoms with Gasteiger partial charge in [0.05, 0.1) is 0 Å². The number of nitrogens with one attached hydrogen (secondary N) is 1. The lowest BCUT2D eigenvalue weighted by atomic mass is 10.2. The van der Waals surface area contributed by atoms with Crippen LogP contribution >= 0.6 is 12.2 Å². The van der Waals surface area contributed by atoms with Gasteiger partial charge in [0.2, 0.25) is 0 Å². The van der Waals surface area contributed by atoms with E-state index in [1.165, 1.54) is 4.90 Å². The number of nitrogens with two attached hydrogens (primary N) is 1. The maximum absolute atomic E-state index is 12.1. The smallest absolute Gasteiger partial charge is 0.416 e. The maximum Gasteiger partial charge on any atom is 0.416 e. The first-order valence-corrected chi connectivity index (χ1v) is 6.75. The summed E-state index contributed by atoms with van der Waals surface area (Å²) in [6, 6.07) is -0.0182. The molecule has 0 rings (SSSR count). The number of ether oxygens (including phenoxy) is 1. The first kappa shape index (κ1) is 17.9. The van der Waals surface area contributed by atoms with E-state index >= 15 is 0 Å². The standard InChI is InChI=1S/C13H25N3O2S/c1-6-10(2)15-11(19)16(9-7-8-14)12(17)18-13(3,4)5/h6,10H,1,7-9,14H2,2-5H3,(H,15,19). The fraction of sp³-hybridized carbons (Fsp3) is 0.692. The zero-order valence-electron chi connectivity index (χ0n) is 12.2. The van der Waals surface area contributed by atoms with Gasteiger partial charge in [-0.15, -0.1) is 6.58 Å². The molecule has 3 N–H and O–H groups in total. The Morgan fingerprint density at radius 3 is 2.58 bits per heavy atom. The summed E-state index contributed by atoms with van der Waals surface area (Å²) in [5.74, 6) is 0. The highest BCUT2D eigenvalue weighted by atomic mass is 32.1. The Bertz CT molecular complexity index is 326. The molecule has 0 radical (unpaired) electrons. The Hall–Kier alpha value is -1.14. The van der Waals surface area contributed by atoms with Crippen molar-refractivity contribution in [3.63, 3.8) is 0 Å². The van der Waals surface area contributed by atoms with E-state index in [2.05, 4.69) is 11.9 Å². The molecule has 0 spiro atoms. The van der Waals surface area contributed by atoms with Crippen molar-refractivity contribution in [3.05, 3.63) is 12.7 Å². The minimum absolute atomic E-state index is 0.0182. The van der Waals surface area contributed by atoms with Gasteiger partial charge in [0.1, 0.15) is 5.60 Å². The number of hydrogen-bond donors (Lipinski definition) is 2. The van der Waals surface area contributed by atoms with Crippen LogP contribution in [-0.2, 0) is 4.74 Å². The van der Waals surface area contributed by atoms with Crippen LogP contribution in [0.4, 0.5) is 4.79 Å². The van der Waals surface area contributed by atoms with Gasteiger partial charge in [-0.1, -0.05) is 6.08 Å². The predicted molar refractivity (Wildman–Crippen MR) is 82.0 cm³/mol. The van der Waals surface area contributed by atoms with Crippen LogP contribution in [0.2, 0.25) is 0 Å². The Balaban J connectivity index is 4.74. The van der Waals surface area contributed by atoms with Crippen molar-refractivity contribution in [1.82, 2.24) is 10.2 Å². The number of hydrogen-bond acceptors (Lipinski definition) is 4. The Labute approximate surface area is 121 Å². The Morgan fingerprint density at radius 2 is 2.16 bits per heavy atom. The molecule has 1 unspecified atom stereocenters. The van der Waals surface area contributed by atoms with Gasteiger partial charge in [0.25, 0.3) is 0 Å². The van der Waals surface area contributed by atoms with Gasteiger partial charge in [0, 0.05) is 12.6 Å². The van der Waals surface area contributed by atoms with E-state index in [0.717, 1.165) is 0 Å². The molecule has 110 valence electrons. The number of thiocarbonyl (C=S) groups is 1. The molecule has 0 heterocycles. The van der Waals surface area contributed by atoms with Gasteiger partial charge in [0.15, 0.2) is 5.11 Å². The lowest BCUT2D eigenvalue weighted by Crippen LogP contribution is -2.48. The minimum atomic E-state index is -0.558. The van der Waals surface area contributed by atoms with Crippen LogP contribution in [0.25, 0.3) is 0 Å². The fourth-order valence-corrected chi connectivity index (χ4v) is 1.53. The van der Waals surface area contributed by atoms with Crippen LogP contribution in [0.1, 0.15) is 34.1 Å². The third-order valence-electron chi connectivity index (χ3n) is 2.15. The molecule has 1 amide bonds. The Morgan fingerprint density at radius 1 is 1.58 bits per heavy atom. The largest absolute Gasteiger partial charge is 0.443 e. The number of nitrogens with zero attached hydrogens (tertiary/aromatic N) is 1. The van der Waals surface area contributed by atoms with Crippen LogP contribution < -0.4 is 11.1 Å². The van der Waals surface area contributed by atoms with Crippen LogP contribution in [0.15, 0.2) is 12.7 Å². The molecule has 5 nitrogen and oxygen atoms in total. The van der Waals surface area contributed by atoms with Crippen LogP contribution in [0.5, 0.6) is 0 Å². The number of carbonyl (C=O) groups is 1. The zero-order valence-corrected chi connectivity index (χ0v) is 13.0. The molecule has 0 saturated heterocycles. The van der Waals surface area contributed by atoms with Crippen molar-refractivity contribution in [2.45, 2.75) is 45.8 Å². The molecule has 0 fully saturated rings. The fourth-order valence-electron chi connectivity index (χ4n) is 1.17. The summed E-state index contributed by atoms with van der Waals surface area (Å²) in [5.41, 5.74) is 4.92. The lowest BCUT2D eigenvalue weighted by molar-refractivity contribution is 0.0367. The molecule has 0 bridgehead atoms. The van der Waals surface area contributed by atoms with Crippen molar-refractivity contribution in [2.75, 3.05) is 13.1 Å². The second-order valence-electron chi connectivity index (χ2n) is 5.25. The van der Waals surface area contributed by atoms with Gasteiger partial charge < -0.3 is 15.8 Å². The monoisotopic (exact) mass is 287 g/mol. The predicted octanol–water partition coefficient (Wildman–Crippen LogP) is 2.02. The first-order valence-electron chi connectivity index (χ1n) is 6.35. The first-order chi connectivity index (χ1) is 8.71. The van der Waals surface area contributed by atoms with E-state index in [1.807, 2.05) is 27.7 Å². The van der Waals surface area contributed by atoms with Gasteiger partial charge in [-0.25, -0.2) is 4.79 Å². The van der Waals surface area contributed by atoms with Crippen LogP contribution in [-0.4, -0.2) is 40.8 Å². The highest BCUT2D eigenvalue weighted by Crippen LogP contribution is 2.10. The van der Waals surface area contributed by atoms with Gasteiger partial charge >= 0.3 is 6.09 Å². The number of amides is 1. The van der Waals surface area contributed by atoms with E-state index in [1.54, 1.807) is 6.08 Å². The SMILES string of the molecule is C=CC(C)NC(=S)N(CCCN)C(=O)OC(C)(C)C. The second-order valence-corrected chi connectivity index (χ2v) is 5.63. The molecule has 0 aliphatic carbocycles. The molecular formula is C13H25N3O2S. The normalized spacial score (nSPS) is 12.5. The molecule has 6 heteroatoms. The van der Waals surface area contributed by atoms with E-state index in [4.69, 9.17) is 22.7 Å². The summed E-state index contributed by atoms with van der Waals surface area (Å²) in [6.07, 6.45) is 1.90. The quantitative estimate of drug-likeness (QED) is 0.598. The summed E-state index contributed by atoms with van der Waals surface area (Å²) in [5, 5.41) is 3.33. The molecule has 0 aliphatic rings. The number of carbonyl (C=O) groups excluding carboxylic acids is 1. The van der Waals surface area contributed by atoms with Gasteiger partial charge in [-0.3, -0.25) is 4.90 Å². The van der Waals surface area contributed by atoms with Crippen molar-refractivity contribution >= 4 is 23.4 Å². The number of rotatable bonds is 5. The molecule has 0 aromatic carbocycles. The molecule has 0 aromatic heterocycles. The van der Waals surface area contributed by atoms with Crippen molar-refractivity contribution in [3.8, 4) is 0 Å². The van der Waals surface area contributed by atoms with Crippen molar-refractivity contribution in [2.24, 2.45) is 5.73 Å². The van der Waals surface area contributed by atoms with Crippen molar-refractivity contribution in [1.29, 1.82) is 0 Å². The molecule has 0 saturated carbocycles. The Kier molecular flexibility index (Phi) is 7.63. The van der Waals surface area contributed by atoms with Crippen molar-refractivity contribution < 1.29 is 9.53 Å². The highest BCUT2D eigenvalue weighted by molar-refractivity contribution is 7.80. The zero-order chi connectivity index (χ0) is 15.1. The minimum Gasteiger partial charge on any atom is -0.443 e. The molecule has 0 aromatic rings. The summed E-state index contributed by atoms with van der Waals surface area (Å²) in [7, 11) is 0. The van der Waals surface area contributed by atoms with E-state index in [-0.39, 0.29) is 6.04 Å². The van der Waals surface area contributed by atoms with Gasteiger partial charge in [-0.05, 0) is 52.9 Å². The average molecular weight is 287 g/mol. The van der Waals surface area contributed by atoms with E-state index in [0.29, 0.717) is 24.6 Å². The topological polar surface area (TPSA) is 67.6 Å². The summed E-state index contributed by atoms with van der Waals surface area (Å²) < 4.78 is 5.33. The summed E-state index contributed by atoms with van der Waals surface area (Å²) >= 11 is 5.22. The molecule has 1 atom stereocenters. The maximum atomic E-state index is 12.1. The highest BCUT2D eigenvalue weighted by Gasteiger charge is 2.24. The van der Waals surface area contributed by atoms with E-state index < -0.39 is 11.7 Å². The second kappa shape index (κ2) is 8.12. The van der Waals surface area contributed by atoms with Crippen LogP contribution in [0.3, 0.4) is 0 Å². The molecular weight excluding hydrogens is 262 g/mol. The van der Waals surface area contributed by atoms with Crippen LogP contribution in [0, 0.1) is 0 Å². The average Bonchev–Trinajstić information content (AvgIpc) is 2.26. The van der Waals surface area contributed by atoms with Gasteiger partial charge in [-0.2, -0.15) is 0 Å².